The van der Waals surface area contributed by atoms with E-state index in [1.807, 2.05) is 13.2 Å². The van der Waals surface area contributed by atoms with Crippen molar-refractivity contribution >= 4 is 11.3 Å². The number of nitrogens with zero attached hydrogens (tertiary/aromatic N) is 1. The Morgan fingerprint density at radius 1 is 1.29 bits per heavy atom. The van der Waals surface area contributed by atoms with Crippen LogP contribution in [0.3, 0.4) is 0 Å². The summed E-state index contributed by atoms with van der Waals surface area (Å²) in [4.78, 5) is 5.86. The van der Waals surface area contributed by atoms with Gasteiger partial charge in [-0.3, -0.25) is 0 Å². The molecule has 0 fully saturated rings. The molecule has 2 aromatic rings. The first kappa shape index (κ1) is 12.3. The molecule has 0 atom stereocenters. The van der Waals surface area contributed by atoms with Gasteiger partial charge in [-0.2, -0.15) is 0 Å². The molecule has 2 nitrogen and oxygen atoms in total. The van der Waals surface area contributed by atoms with Crippen LogP contribution in [0.4, 0.5) is 0 Å². The highest BCUT2D eigenvalue weighted by molar-refractivity contribution is 7.15. The minimum Gasteiger partial charge on any atom is -0.319 e. The Bertz CT molecular complexity index is 503. The summed E-state index contributed by atoms with van der Waals surface area (Å²) in [5.74, 6) is 0. The summed E-state index contributed by atoms with van der Waals surface area (Å²) in [6.45, 7) is 5.28. The number of rotatable bonds is 4. The fourth-order valence-electron chi connectivity index (χ4n) is 1.85. The van der Waals surface area contributed by atoms with Crippen molar-refractivity contribution < 1.29 is 0 Å². The second-order valence-electron chi connectivity index (χ2n) is 4.30. The van der Waals surface area contributed by atoms with Crippen molar-refractivity contribution in [3.63, 3.8) is 0 Å². The van der Waals surface area contributed by atoms with E-state index in [9.17, 15) is 0 Å². The molecule has 1 aromatic heterocycles. The molecule has 1 heterocycles. The molecular weight excluding hydrogens is 228 g/mol. The summed E-state index contributed by atoms with van der Waals surface area (Å²) in [6.07, 6.45) is 3.05. The van der Waals surface area contributed by atoms with E-state index in [1.54, 1.807) is 11.3 Å². The maximum absolute atomic E-state index is 4.52. The van der Waals surface area contributed by atoms with Crippen LogP contribution >= 0.6 is 11.3 Å². The molecular formula is C14H18N2S. The average Bonchev–Trinajstić information content (AvgIpc) is 2.75. The molecule has 0 spiro atoms. The lowest BCUT2D eigenvalue weighted by Crippen LogP contribution is -2.09. The number of nitrogens with one attached hydrogen (secondary N) is 1. The van der Waals surface area contributed by atoms with E-state index in [0.29, 0.717) is 0 Å². The Morgan fingerprint density at radius 3 is 2.82 bits per heavy atom. The summed E-state index contributed by atoms with van der Waals surface area (Å²) in [6, 6.07) is 6.53. The summed E-state index contributed by atoms with van der Waals surface area (Å²) >= 11 is 1.79. The van der Waals surface area contributed by atoms with Gasteiger partial charge in [0.2, 0.25) is 0 Å². The Hall–Kier alpha value is -1.19. The molecule has 3 heteroatoms. The van der Waals surface area contributed by atoms with Crippen molar-refractivity contribution in [2.45, 2.75) is 20.3 Å². The van der Waals surface area contributed by atoms with Crippen LogP contribution in [0.2, 0.25) is 0 Å². The van der Waals surface area contributed by atoms with Crippen molar-refractivity contribution in [1.29, 1.82) is 0 Å². The fraction of sp³-hybridized carbons (Fsp3) is 0.357. The Labute approximate surface area is 107 Å². The summed E-state index contributed by atoms with van der Waals surface area (Å²) in [5.41, 5.74) is 3.87. The first-order chi connectivity index (χ1) is 8.20. The van der Waals surface area contributed by atoms with Crippen LogP contribution in [-0.4, -0.2) is 18.6 Å². The van der Waals surface area contributed by atoms with Gasteiger partial charge in [-0.1, -0.05) is 23.8 Å². The molecule has 17 heavy (non-hydrogen) atoms. The number of hydrogen-bond acceptors (Lipinski definition) is 3. The Morgan fingerprint density at radius 2 is 2.12 bits per heavy atom. The Balaban J connectivity index is 2.24. The van der Waals surface area contributed by atoms with Crippen molar-refractivity contribution in [1.82, 2.24) is 10.3 Å². The number of benzene rings is 1. The second kappa shape index (κ2) is 5.43. The normalized spacial score (nSPS) is 10.8. The van der Waals surface area contributed by atoms with Crippen LogP contribution < -0.4 is 5.32 Å². The molecule has 2 rings (SSSR count). The van der Waals surface area contributed by atoms with Gasteiger partial charge in [0.15, 0.2) is 0 Å². The quantitative estimate of drug-likeness (QED) is 0.896. The first-order valence-corrected chi connectivity index (χ1v) is 6.69. The highest BCUT2D eigenvalue weighted by atomic mass is 32.1. The van der Waals surface area contributed by atoms with Crippen LogP contribution in [-0.2, 0) is 6.42 Å². The molecule has 0 unspecified atom stereocenters. The molecule has 90 valence electrons. The molecule has 0 saturated heterocycles. The molecule has 0 aliphatic carbocycles. The van der Waals surface area contributed by atoms with Gasteiger partial charge in [-0.15, -0.1) is 11.3 Å². The zero-order chi connectivity index (χ0) is 12.3. The number of aromatic nitrogens is 1. The third-order valence-electron chi connectivity index (χ3n) is 2.79. The molecule has 0 saturated carbocycles. The smallest absolute Gasteiger partial charge is 0.123 e. The number of thiazole rings is 1. The van der Waals surface area contributed by atoms with Gasteiger partial charge in [0.1, 0.15) is 5.01 Å². The van der Waals surface area contributed by atoms with E-state index < -0.39 is 0 Å². The molecule has 0 aliphatic heterocycles. The lowest BCUT2D eigenvalue weighted by molar-refractivity contribution is 0.798. The van der Waals surface area contributed by atoms with E-state index in [4.69, 9.17) is 0 Å². The van der Waals surface area contributed by atoms with Gasteiger partial charge in [0.05, 0.1) is 0 Å². The minimum atomic E-state index is 1.01. The van der Waals surface area contributed by atoms with E-state index >= 15 is 0 Å². The topological polar surface area (TPSA) is 24.9 Å². The molecule has 0 amide bonds. The highest BCUT2D eigenvalue weighted by Crippen LogP contribution is 2.28. The zero-order valence-corrected chi connectivity index (χ0v) is 11.4. The van der Waals surface area contributed by atoms with Crippen molar-refractivity contribution in [3.8, 4) is 10.6 Å². The van der Waals surface area contributed by atoms with E-state index in [0.717, 1.165) is 18.0 Å². The van der Waals surface area contributed by atoms with E-state index in [-0.39, 0.29) is 0 Å². The van der Waals surface area contributed by atoms with Crippen LogP contribution in [0.15, 0.2) is 24.4 Å². The zero-order valence-electron chi connectivity index (χ0n) is 10.6. The monoisotopic (exact) mass is 246 g/mol. The van der Waals surface area contributed by atoms with E-state index in [1.165, 1.54) is 21.6 Å². The van der Waals surface area contributed by atoms with E-state index in [2.05, 4.69) is 42.3 Å². The van der Waals surface area contributed by atoms with Crippen LogP contribution in [0.25, 0.3) is 10.6 Å². The van der Waals surface area contributed by atoms with Crippen molar-refractivity contribution in [3.05, 3.63) is 40.4 Å². The van der Waals surface area contributed by atoms with Crippen molar-refractivity contribution in [2.75, 3.05) is 13.6 Å². The summed E-state index contributed by atoms with van der Waals surface area (Å²) in [5, 5.41) is 4.30. The summed E-state index contributed by atoms with van der Waals surface area (Å²) in [7, 11) is 1.98. The molecule has 0 aliphatic rings. The first-order valence-electron chi connectivity index (χ1n) is 5.87. The third kappa shape index (κ3) is 2.93. The van der Waals surface area contributed by atoms with Gasteiger partial charge in [-0.05, 0) is 39.4 Å². The summed E-state index contributed by atoms with van der Waals surface area (Å²) < 4.78 is 0. The van der Waals surface area contributed by atoms with Gasteiger partial charge < -0.3 is 5.32 Å². The van der Waals surface area contributed by atoms with Crippen LogP contribution in [0.5, 0.6) is 0 Å². The van der Waals surface area contributed by atoms with Crippen molar-refractivity contribution in [2.24, 2.45) is 0 Å². The molecule has 1 N–H and O–H groups in total. The largest absolute Gasteiger partial charge is 0.319 e. The maximum Gasteiger partial charge on any atom is 0.123 e. The van der Waals surface area contributed by atoms with Crippen LogP contribution in [0.1, 0.15) is 16.0 Å². The molecule has 1 aromatic carbocycles. The van der Waals surface area contributed by atoms with Gasteiger partial charge in [0.25, 0.3) is 0 Å². The van der Waals surface area contributed by atoms with Gasteiger partial charge >= 0.3 is 0 Å². The predicted octanol–water partition coefficient (Wildman–Crippen LogP) is 3.19. The lowest BCUT2D eigenvalue weighted by atomic mass is 10.1. The maximum atomic E-state index is 4.52. The number of hydrogen-bond donors (Lipinski definition) is 1. The SMILES string of the molecule is CNCCc1cnc(-c2ccc(C)cc2C)s1. The number of aryl methyl sites for hydroxylation is 2. The predicted molar refractivity (Wildman–Crippen MR) is 74.7 cm³/mol. The van der Waals surface area contributed by atoms with Crippen LogP contribution in [0, 0.1) is 13.8 Å². The minimum absolute atomic E-state index is 1.01. The Kier molecular flexibility index (Phi) is 3.92. The van der Waals surface area contributed by atoms with Gasteiger partial charge in [0, 0.05) is 16.6 Å². The average molecular weight is 246 g/mol. The molecule has 0 bridgehead atoms. The second-order valence-corrected chi connectivity index (χ2v) is 5.42. The van der Waals surface area contributed by atoms with Gasteiger partial charge in [-0.25, -0.2) is 4.98 Å². The standard InChI is InChI=1S/C14H18N2S/c1-10-4-5-13(11(2)8-10)14-16-9-12(17-14)6-7-15-3/h4-5,8-9,15H,6-7H2,1-3H3. The molecule has 0 radical (unpaired) electrons. The third-order valence-corrected chi connectivity index (χ3v) is 3.88. The highest BCUT2D eigenvalue weighted by Gasteiger charge is 2.07. The fourth-order valence-corrected chi connectivity index (χ4v) is 2.85. The number of likely N-dealkylation sites (N-methyl/N-ethyl adjacent to an activating group) is 1. The lowest BCUT2D eigenvalue weighted by Gasteiger charge is -2.02.